The minimum atomic E-state index is -0.359. The van der Waals surface area contributed by atoms with E-state index in [-0.39, 0.29) is 11.6 Å². The standard InChI is InChI=1S/C30H31N7O/c1-22-12-13-25-19-26(30(38)31-27(25)18-22)28(29-32-33-34-37(29)21-24-10-6-3-7-11-24)36-16-14-35(15-17-36)20-23-8-4-2-5-9-23/h2-13,18-19,28H,14-17,20-21H2,1H3,(H,31,38). The van der Waals surface area contributed by atoms with Gasteiger partial charge in [-0.2, -0.15) is 0 Å². The topological polar surface area (TPSA) is 82.9 Å². The number of benzene rings is 3. The van der Waals surface area contributed by atoms with Gasteiger partial charge in [0.1, 0.15) is 6.04 Å². The lowest BCUT2D eigenvalue weighted by atomic mass is 10.0. The van der Waals surface area contributed by atoms with Crippen molar-refractivity contribution in [3.63, 3.8) is 0 Å². The molecule has 0 aliphatic carbocycles. The van der Waals surface area contributed by atoms with E-state index in [4.69, 9.17) is 0 Å². The number of nitrogens with zero attached hydrogens (tertiary/aromatic N) is 6. The van der Waals surface area contributed by atoms with Crippen molar-refractivity contribution in [3.05, 3.63) is 123 Å². The Hall–Kier alpha value is -4.14. The molecule has 0 saturated carbocycles. The van der Waals surface area contributed by atoms with Crippen molar-refractivity contribution < 1.29 is 0 Å². The second-order valence-electron chi connectivity index (χ2n) is 10.0. The Labute approximate surface area is 221 Å². The first kappa shape index (κ1) is 24.2. The summed E-state index contributed by atoms with van der Waals surface area (Å²) in [6, 6.07) is 28.5. The Morgan fingerprint density at radius 1 is 0.842 bits per heavy atom. The number of pyridine rings is 1. The summed E-state index contributed by atoms with van der Waals surface area (Å²) >= 11 is 0. The van der Waals surface area contributed by atoms with E-state index in [2.05, 4.69) is 78.8 Å². The number of H-pyrrole nitrogens is 1. The second-order valence-corrected chi connectivity index (χ2v) is 10.0. The molecule has 1 aliphatic rings. The van der Waals surface area contributed by atoms with Gasteiger partial charge < -0.3 is 4.98 Å². The van der Waals surface area contributed by atoms with E-state index < -0.39 is 0 Å². The zero-order valence-corrected chi connectivity index (χ0v) is 21.5. The molecule has 1 aliphatic heterocycles. The van der Waals surface area contributed by atoms with Crippen LogP contribution in [0.1, 0.15) is 34.1 Å². The zero-order valence-electron chi connectivity index (χ0n) is 21.5. The van der Waals surface area contributed by atoms with Gasteiger partial charge in [0, 0.05) is 43.8 Å². The van der Waals surface area contributed by atoms with E-state index in [1.807, 2.05) is 48.0 Å². The van der Waals surface area contributed by atoms with E-state index in [1.165, 1.54) is 5.56 Å². The highest BCUT2D eigenvalue weighted by Gasteiger charge is 2.32. The van der Waals surface area contributed by atoms with Crippen LogP contribution in [0.3, 0.4) is 0 Å². The van der Waals surface area contributed by atoms with Crippen LogP contribution in [0.25, 0.3) is 10.9 Å². The number of tetrazole rings is 1. The molecule has 6 rings (SSSR count). The lowest BCUT2D eigenvalue weighted by molar-refractivity contribution is 0.0998. The fraction of sp³-hybridized carbons (Fsp3) is 0.267. The quantitative estimate of drug-likeness (QED) is 0.363. The molecule has 3 aromatic carbocycles. The van der Waals surface area contributed by atoms with Crippen LogP contribution < -0.4 is 5.56 Å². The smallest absolute Gasteiger partial charge is 0.253 e. The molecule has 0 radical (unpaired) electrons. The Bertz CT molecular complexity index is 1570. The molecule has 0 bridgehead atoms. The zero-order chi connectivity index (χ0) is 25.9. The van der Waals surface area contributed by atoms with Gasteiger partial charge >= 0.3 is 0 Å². The fourth-order valence-electron chi connectivity index (χ4n) is 5.33. The molecule has 2 aromatic heterocycles. The summed E-state index contributed by atoms with van der Waals surface area (Å²) in [5, 5.41) is 13.9. The number of rotatable bonds is 7. The first-order valence-electron chi connectivity index (χ1n) is 13.1. The molecule has 0 amide bonds. The van der Waals surface area contributed by atoms with Gasteiger partial charge in [-0.3, -0.25) is 14.6 Å². The van der Waals surface area contributed by atoms with Gasteiger partial charge in [-0.05, 0) is 51.6 Å². The fourth-order valence-corrected chi connectivity index (χ4v) is 5.33. The summed E-state index contributed by atoms with van der Waals surface area (Å²) in [7, 11) is 0. The van der Waals surface area contributed by atoms with Gasteiger partial charge in [-0.1, -0.05) is 72.8 Å². The summed E-state index contributed by atoms with van der Waals surface area (Å²) in [5.74, 6) is 0.683. The third kappa shape index (κ3) is 5.14. The molecule has 8 heteroatoms. The highest BCUT2D eigenvalue weighted by molar-refractivity contribution is 5.79. The third-order valence-corrected chi connectivity index (χ3v) is 7.33. The van der Waals surface area contributed by atoms with E-state index in [0.717, 1.165) is 54.8 Å². The monoisotopic (exact) mass is 505 g/mol. The summed E-state index contributed by atoms with van der Waals surface area (Å²) < 4.78 is 1.83. The molecule has 1 atom stereocenters. The van der Waals surface area contributed by atoms with Gasteiger partial charge in [-0.25, -0.2) is 4.68 Å². The summed E-state index contributed by atoms with van der Waals surface area (Å²) in [6.45, 7) is 6.90. The molecule has 8 nitrogen and oxygen atoms in total. The van der Waals surface area contributed by atoms with Gasteiger partial charge in [0.05, 0.1) is 6.54 Å². The highest BCUT2D eigenvalue weighted by Crippen LogP contribution is 2.28. The van der Waals surface area contributed by atoms with Crippen LogP contribution in [0.4, 0.5) is 0 Å². The van der Waals surface area contributed by atoms with Crippen LogP contribution in [-0.4, -0.2) is 61.2 Å². The minimum Gasteiger partial charge on any atom is -0.322 e. The van der Waals surface area contributed by atoms with Crippen molar-refractivity contribution in [2.75, 3.05) is 26.2 Å². The molecule has 0 spiro atoms. The summed E-state index contributed by atoms with van der Waals surface area (Å²) in [5.41, 5.74) is 4.94. The molecule has 192 valence electrons. The summed E-state index contributed by atoms with van der Waals surface area (Å²) in [6.07, 6.45) is 0. The maximum atomic E-state index is 13.5. The second kappa shape index (κ2) is 10.7. The van der Waals surface area contributed by atoms with Crippen LogP contribution in [0.15, 0.2) is 89.7 Å². The van der Waals surface area contributed by atoms with Crippen molar-refractivity contribution in [2.24, 2.45) is 0 Å². The molecular weight excluding hydrogens is 474 g/mol. The average molecular weight is 506 g/mol. The Kier molecular flexibility index (Phi) is 6.81. The van der Waals surface area contributed by atoms with Crippen molar-refractivity contribution in [1.82, 2.24) is 35.0 Å². The normalized spacial score (nSPS) is 15.6. The third-order valence-electron chi connectivity index (χ3n) is 7.33. The van der Waals surface area contributed by atoms with Gasteiger partial charge in [0.15, 0.2) is 5.82 Å². The van der Waals surface area contributed by atoms with Gasteiger partial charge in [0.2, 0.25) is 0 Å². The van der Waals surface area contributed by atoms with E-state index >= 15 is 0 Å². The first-order chi connectivity index (χ1) is 18.6. The number of fused-ring (bicyclic) bond motifs is 1. The number of aromatic amines is 1. The van der Waals surface area contributed by atoms with E-state index in [0.29, 0.717) is 17.9 Å². The first-order valence-corrected chi connectivity index (χ1v) is 13.1. The van der Waals surface area contributed by atoms with E-state index in [9.17, 15) is 4.79 Å². The Balaban J connectivity index is 1.35. The number of hydrogen-bond acceptors (Lipinski definition) is 6. The number of hydrogen-bond donors (Lipinski definition) is 1. The predicted molar refractivity (Wildman–Crippen MR) is 148 cm³/mol. The van der Waals surface area contributed by atoms with E-state index in [1.54, 1.807) is 0 Å². The molecule has 1 saturated heterocycles. The van der Waals surface area contributed by atoms with Crippen molar-refractivity contribution in [3.8, 4) is 0 Å². The minimum absolute atomic E-state index is 0.103. The Morgan fingerprint density at radius 3 is 2.24 bits per heavy atom. The van der Waals surface area contributed by atoms with Crippen LogP contribution in [-0.2, 0) is 13.1 Å². The van der Waals surface area contributed by atoms with Crippen LogP contribution >= 0.6 is 0 Å². The van der Waals surface area contributed by atoms with Crippen LogP contribution in [0, 0.1) is 6.92 Å². The average Bonchev–Trinajstić information content (AvgIpc) is 3.39. The number of aryl methyl sites for hydroxylation is 1. The number of piperazine rings is 1. The van der Waals surface area contributed by atoms with Gasteiger partial charge in [0.25, 0.3) is 5.56 Å². The lowest BCUT2D eigenvalue weighted by Gasteiger charge is -2.38. The van der Waals surface area contributed by atoms with Crippen molar-refractivity contribution in [1.29, 1.82) is 0 Å². The van der Waals surface area contributed by atoms with Gasteiger partial charge in [-0.15, -0.1) is 5.10 Å². The largest absolute Gasteiger partial charge is 0.322 e. The molecule has 5 aromatic rings. The summed E-state index contributed by atoms with van der Waals surface area (Å²) in [4.78, 5) is 21.5. The number of aromatic nitrogens is 5. The van der Waals surface area contributed by atoms with Crippen molar-refractivity contribution >= 4 is 10.9 Å². The lowest BCUT2D eigenvalue weighted by Crippen LogP contribution is -2.48. The highest BCUT2D eigenvalue weighted by atomic mass is 16.1. The predicted octanol–water partition coefficient (Wildman–Crippen LogP) is 3.78. The molecule has 1 fully saturated rings. The molecule has 3 heterocycles. The molecular formula is C30H31N7O. The number of nitrogens with one attached hydrogen (secondary N) is 1. The van der Waals surface area contributed by atoms with Crippen LogP contribution in [0.2, 0.25) is 0 Å². The molecule has 1 unspecified atom stereocenters. The Morgan fingerprint density at radius 2 is 1.53 bits per heavy atom. The maximum absolute atomic E-state index is 13.5. The maximum Gasteiger partial charge on any atom is 0.253 e. The van der Waals surface area contributed by atoms with Crippen molar-refractivity contribution in [2.45, 2.75) is 26.1 Å². The van der Waals surface area contributed by atoms with Crippen LogP contribution in [0.5, 0.6) is 0 Å². The molecule has 38 heavy (non-hydrogen) atoms. The molecule has 1 N–H and O–H groups in total. The SMILES string of the molecule is Cc1ccc2cc(C(c3nnnn3Cc3ccccc3)N3CCN(Cc4ccccc4)CC3)c(=O)[nH]c2c1.